The molecule has 1 aliphatic heterocycles. The van der Waals surface area contributed by atoms with Gasteiger partial charge in [-0.3, -0.25) is 0 Å². The molecule has 0 bridgehead atoms. The van der Waals surface area contributed by atoms with Crippen LogP contribution in [0, 0.1) is 0 Å². The molecule has 0 spiro atoms. The van der Waals surface area contributed by atoms with Crippen LogP contribution in [-0.2, 0) is 14.6 Å². The van der Waals surface area contributed by atoms with Gasteiger partial charge in [0.15, 0.2) is 5.60 Å². The summed E-state index contributed by atoms with van der Waals surface area (Å²) in [6.45, 7) is 1.13. The molecule has 1 unspecified atom stereocenters. The van der Waals surface area contributed by atoms with E-state index in [9.17, 15) is 18.3 Å². The van der Waals surface area contributed by atoms with E-state index >= 15 is 0 Å². The first-order valence-electron chi connectivity index (χ1n) is 5.12. The lowest BCUT2D eigenvalue weighted by Gasteiger charge is -2.26. The summed E-state index contributed by atoms with van der Waals surface area (Å²) in [6, 6.07) is -0.0330. The molecule has 1 saturated heterocycles. The summed E-state index contributed by atoms with van der Waals surface area (Å²) in [6.07, 6.45) is 0.941. The van der Waals surface area contributed by atoms with Crippen molar-refractivity contribution < 1.29 is 23.4 Å². The first-order chi connectivity index (χ1) is 7.23. The molecule has 94 valence electrons. The largest absolute Gasteiger partial charge is 0.479 e. The predicted molar refractivity (Wildman–Crippen MR) is 57.9 cm³/mol. The Kier molecular flexibility index (Phi) is 3.92. The van der Waals surface area contributed by atoms with Crippen molar-refractivity contribution in [3.8, 4) is 0 Å². The van der Waals surface area contributed by atoms with Crippen LogP contribution in [0.15, 0.2) is 0 Å². The minimum atomic E-state index is -2.90. The Balaban J connectivity index is 2.38. The summed E-state index contributed by atoms with van der Waals surface area (Å²) in [7, 11) is -2.90. The predicted octanol–water partition coefficient (Wildman–Crippen LogP) is -1.01. The molecule has 1 atom stereocenters. The Morgan fingerprint density at radius 1 is 1.44 bits per heavy atom. The standard InChI is InChI=1S/C9H17NO5S/c1-9(13,8(11)12)6-10-7-2-4-16(14,15)5-3-7/h7,10,13H,2-6H2,1H3,(H,11,12). The maximum absolute atomic E-state index is 11.1. The summed E-state index contributed by atoms with van der Waals surface area (Å²) in [5.74, 6) is -1.04. The summed E-state index contributed by atoms with van der Waals surface area (Å²) < 4.78 is 22.3. The van der Waals surface area contributed by atoms with Gasteiger partial charge in [0.25, 0.3) is 0 Å². The van der Waals surface area contributed by atoms with Crippen LogP contribution in [0.2, 0.25) is 0 Å². The van der Waals surface area contributed by atoms with Gasteiger partial charge in [0.05, 0.1) is 11.5 Å². The zero-order chi connectivity index (χ0) is 12.4. The molecule has 0 aromatic carbocycles. The van der Waals surface area contributed by atoms with E-state index in [0.717, 1.165) is 0 Å². The molecular formula is C9H17NO5S. The molecule has 1 rings (SSSR count). The number of nitrogens with one attached hydrogen (secondary N) is 1. The van der Waals surface area contributed by atoms with Crippen LogP contribution in [0.1, 0.15) is 19.8 Å². The van der Waals surface area contributed by atoms with Crippen LogP contribution in [0.25, 0.3) is 0 Å². The molecule has 1 heterocycles. The second-order valence-electron chi connectivity index (χ2n) is 4.39. The molecule has 7 heteroatoms. The molecule has 0 amide bonds. The summed E-state index contributed by atoms with van der Waals surface area (Å²) in [5.41, 5.74) is -1.81. The zero-order valence-corrected chi connectivity index (χ0v) is 9.96. The lowest BCUT2D eigenvalue weighted by Crippen LogP contribution is -2.49. The Bertz CT molecular complexity index is 348. The highest BCUT2D eigenvalue weighted by molar-refractivity contribution is 7.91. The number of hydrogen-bond donors (Lipinski definition) is 3. The van der Waals surface area contributed by atoms with Gasteiger partial charge < -0.3 is 15.5 Å². The molecule has 16 heavy (non-hydrogen) atoms. The fourth-order valence-electron chi connectivity index (χ4n) is 1.51. The third-order valence-corrected chi connectivity index (χ3v) is 4.47. The monoisotopic (exact) mass is 251 g/mol. The lowest BCUT2D eigenvalue weighted by atomic mass is 10.1. The van der Waals surface area contributed by atoms with E-state index in [1.165, 1.54) is 6.92 Å². The van der Waals surface area contributed by atoms with Gasteiger partial charge in [-0.05, 0) is 19.8 Å². The smallest absolute Gasteiger partial charge is 0.336 e. The van der Waals surface area contributed by atoms with Crippen molar-refractivity contribution in [3.05, 3.63) is 0 Å². The van der Waals surface area contributed by atoms with E-state index in [1.54, 1.807) is 0 Å². The van der Waals surface area contributed by atoms with Crippen LogP contribution in [0.3, 0.4) is 0 Å². The quantitative estimate of drug-likeness (QED) is 0.591. The van der Waals surface area contributed by atoms with Gasteiger partial charge in [0.2, 0.25) is 0 Å². The molecule has 0 aliphatic carbocycles. The minimum absolute atomic E-state index is 0.0330. The molecule has 3 N–H and O–H groups in total. The van der Waals surface area contributed by atoms with Crippen LogP contribution in [-0.4, -0.2) is 54.3 Å². The number of hydrogen-bond acceptors (Lipinski definition) is 5. The maximum Gasteiger partial charge on any atom is 0.336 e. The van der Waals surface area contributed by atoms with Crippen LogP contribution in [0.4, 0.5) is 0 Å². The topological polar surface area (TPSA) is 104 Å². The Morgan fingerprint density at radius 2 is 1.94 bits per heavy atom. The number of rotatable bonds is 4. The zero-order valence-electron chi connectivity index (χ0n) is 9.14. The highest BCUT2D eigenvalue weighted by atomic mass is 32.2. The number of carbonyl (C=O) groups is 1. The van der Waals surface area contributed by atoms with E-state index in [4.69, 9.17) is 5.11 Å². The van der Waals surface area contributed by atoms with E-state index in [2.05, 4.69) is 5.32 Å². The van der Waals surface area contributed by atoms with Crippen molar-refractivity contribution in [1.29, 1.82) is 0 Å². The van der Waals surface area contributed by atoms with Crippen LogP contribution < -0.4 is 5.32 Å². The Morgan fingerprint density at radius 3 is 2.38 bits per heavy atom. The fraction of sp³-hybridized carbons (Fsp3) is 0.889. The summed E-state index contributed by atoms with van der Waals surface area (Å²) in [4.78, 5) is 10.6. The summed E-state index contributed by atoms with van der Waals surface area (Å²) >= 11 is 0. The van der Waals surface area contributed by atoms with Crippen LogP contribution in [0.5, 0.6) is 0 Å². The molecule has 0 aromatic rings. The third kappa shape index (κ3) is 3.73. The molecule has 1 fully saturated rings. The van der Waals surface area contributed by atoms with Gasteiger partial charge >= 0.3 is 5.97 Å². The first kappa shape index (κ1) is 13.4. The number of carboxylic acid groups (broad SMARTS) is 1. The molecule has 0 saturated carbocycles. The van der Waals surface area contributed by atoms with E-state index < -0.39 is 21.4 Å². The Labute approximate surface area is 94.6 Å². The van der Waals surface area contributed by atoms with Gasteiger partial charge in [-0.15, -0.1) is 0 Å². The molecule has 1 aliphatic rings. The number of carboxylic acids is 1. The highest BCUT2D eigenvalue weighted by Crippen LogP contribution is 2.13. The molecule has 0 aromatic heterocycles. The lowest BCUT2D eigenvalue weighted by molar-refractivity contribution is -0.156. The van der Waals surface area contributed by atoms with Gasteiger partial charge in [0.1, 0.15) is 9.84 Å². The van der Waals surface area contributed by atoms with Gasteiger partial charge in [-0.2, -0.15) is 0 Å². The van der Waals surface area contributed by atoms with Gasteiger partial charge in [0, 0.05) is 12.6 Å². The molecular weight excluding hydrogens is 234 g/mol. The highest BCUT2D eigenvalue weighted by Gasteiger charge is 2.31. The van der Waals surface area contributed by atoms with Gasteiger partial charge in [-0.25, -0.2) is 13.2 Å². The third-order valence-electron chi connectivity index (χ3n) is 2.75. The van der Waals surface area contributed by atoms with Gasteiger partial charge in [-0.1, -0.05) is 0 Å². The molecule has 6 nitrogen and oxygen atoms in total. The van der Waals surface area contributed by atoms with E-state index in [1.807, 2.05) is 0 Å². The SMILES string of the molecule is CC(O)(CNC1CCS(=O)(=O)CC1)C(=O)O. The number of sulfone groups is 1. The summed E-state index contributed by atoms with van der Waals surface area (Å²) in [5, 5.41) is 21.0. The molecule has 0 radical (unpaired) electrons. The van der Waals surface area contributed by atoms with E-state index in [0.29, 0.717) is 12.8 Å². The van der Waals surface area contributed by atoms with Crippen molar-refractivity contribution in [2.75, 3.05) is 18.1 Å². The van der Waals surface area contributed by atoms with E-state index in [-0.39, 0.29) is 24.1 Å². The maximum atomic E-state index is 11.1. The number of aliphatic hydroxyl groups is 1. The average molecular weight is 251 g/mol. The van der Waals surface area contributed by atoms with Crippen molar-refractivity contribution in [2.45, 2.75) is 31.4 Å². The van der Waals surface area contributed by atoms with Crippen LogP contribution >= 0.6 is 0 Å². The van der Waals surface area contributed by atoms with Crippen molar-refractivity contribution in [1.82, 2.24) is 5.32 Å². The first-order valence-corrected chi connectivity index (χ1v) is 6.95. The second kappa shape index (κ2) is 4.68. The van der Waals surface area contributed by atoms with Crippen molar-refractivity contribution in [2.24, 2.45) is 0 Å². The van der Waals surface area contributed by atoms with Crippen molar-refractivity contribution in [3.63, 3.8) is 0 Å². The normalized spacial score (nSPS) is 24.9. The average Bonchev–Trinajstić information content (AvgIpc) is 2.16. The minimum Gasteiger partial charge on any atom is -0.479 e. The van der Waals surface area contributed by atoms with Crippen molar-refractivity contribution >= 4 is 15.8 Å². The Hall–Kier alpha value is -0.660. The fourth-order valence-corrected chi connectivity index (χ4v) is 3.00. The number of aliphatic carboxylic acids is 1. The second-order valence-corrected chi connectivity index (χ2v) is 6.69.